The normalized spacial score (nSPS) is 9.84. The Labute approximate surface area is 110 Å². The minimum Gasteiger partial charge on any atom is -0.492 e. The van der Waals surface area contributed by atoms with Crippen molar-refractivity contribution in [2.75, 3.05) is 6.61 Å². The lowest BCUT2D eigenvalue weighted by molar-refractivity contribution is 0.300. The summed E-state index contributed by atoms with van der Waals surface area (Å²) in [4.78, 5) is 15.3. The van der Waals surface area contributed by atoms with Crippen molar-refractivity contribution in [2.24, 2.45) is 0 Å². The second-order valence-corrected chi connectivity index (χ2v) is 3.92. The summed E-state index contributed by atoms with van der Waals surface area (Å²) in [6.07, 6.45) is 3.65. The third-order valence-electron chi connectivity index (χ3n) is 2.60. The zero-order valence-corrected chi connectivity index (χ0v) is 10.3. The third-order valence-corrected chi connectivity index (χ3v) is 2.60. The lowest BCUT2D eigenvalue weighted by atomic mass is 10.2. The Kier molecular flexibility index (Phi) is 4.29. The van der Waals surface area contributed by atoms with Gasteiger partial charge in [-0.3, -0.25) is 9.36 Å². The standard InChI is InChI=1S/C14H13N3O2/c15-10-12-4-1-2-5-13(12)19-9-3-8-17-11-16-7-6-14(17)18/h1-2,4-7,11H,3,8-9H2. The van der Waals surface area contributed by atoms with Crippen LogP contribution in [0.1, 0.15) is 12.0 Å². The van der Waals surface area contributed by atoms with E-state index < -0.39 is 0 Å². The molecule has 0 aliphatic carbocycles. The Balaban J connectivity index is 1.86. The average molecular weight is 255 g/mol. The number of nitriles is 1. The van der Waals surface area contributed by atoms with Crippen LogP contribution in [0.15, 0.2) is 47.7 Å². The van der Waals surface area contributed by atoms with Crippen LogP contribution >= 0.6 is 0 Å². The Morgan fingerprint density at radius 3 is 2.95 bits per heavy atom. The molecule has 5 heteroatoms. The van der Waals surface area contributed by atoms with E-state index in [2.05, 4.69) is 11.1 Å². The molecule has 0 aliphatic rings. The van der Waals surface area contributed by atoms with E-state index in [1.807, 2.05) is 6.07 Å². The van der Waals surface area contributed by atoms with E-state index in [-0.39, 0.29) is 5.56 Å². The van der Waals surface area contributed by atoms with Gasteiger partial charge in [-0.1, -0.05) is 12.1 Å². The third kappa shape index (κ3) is 3.42. The van der Waals surface area contributed by atoms with Gasteiger partial charge in [0.05, 0.1) is 18.5 Å². The molecule has 0 N–H and O–H groups in total. The van der Waals surface area contributed by atoms with E-state index in [9.17, 15) is 4.79 Å². The van der Waals surface area contributed by atoms with Crippen molar-refractivity contribution in [2.45, 2.75) is 13.0 Å². The molecule has 0 amide bonds. The summed E-state index contributed by atoms with van der Waals surface area (Å²) in [5.74, 6) is 0.573. The van der Waals surface area contributed by atoms with E-state index in [0.29, 0.717) is 30.9 Å². The van der Waals surface area contributed by atoms with Crippen LogP contribution in [0.5, 0.6) is 5.75 Å². The minimum absolute atomic E-state index is 0.0765. The zero-order valence-electron chi connectivity index (χ0n) is 10.3. The molecule has 19 heavy (non-hydrogen) atoms. The number of rotatable bonds is 5. The van der Waals surface area contributed by atoms with E-state index >= 15 is 0 Å². The number of aryl methyl sites for hydroxylation is 1. The van der Waals surface area contributed by atoms with Gasteiger partial charge in [-0.2, -0.15) is 5.26 Å². The monoisotopic (exact) mass is 255 g/mol. The van der Waals surface area contributed by atoms with Gasteiger partial charge in [0.25, 0.3) is 5.56 Å². The van der Waals surface area contributed by atoms with Crippen LogP contribution in [0.25, 0.3) is 0 Å². The molecule has 5 nitrogen and oxygen atoms in total. The molecule has 1 aromatic heterocycles. The number of hydrogen-bond acceptors (Lipinski definition) is 4. The highest BCUT2D eigenvalue weighted by atomic mass is 16.5. The first kappa shape index (κ1) is 12.8. The van der Waals surface area contributed by atoms with Gasteiger partial charge in [-0.05, 0) is 18.6 Å². The molecule has 2 rings (SSSR count). The molecule has 0 spiro atoms. The molecule has 2 aromatic rings. The van der Waals surface area contributed by atoms with Crippen LogP contribution in [0.3, 0.4) is 0 Å². The Bertz CT molecular complexity index is 643. The van der Waals surface area contributed by atoms with Gasteiger partial charge in [-0.15, -0.1) is 0 Å². The fraction of sp³-hybridized carbons (Fsp3) is 0.214. The first-order valence-electron chi connectivity index (χ1n) is 5.93. The molecule has 0 saturated carbocycles. The Morgan fingerprint density at radius 2 is 2.16 bits per heavy atom. The number of para-hydroxylation sites is 1. The zero-order chi connectivity index (χ0) is 13.5. The van der Waals surface area contributed by atoms with Crippen molar-refractivity contribution in [3.63, 3.8) is 0 Å². The van der Waals surface area contributed by atoms with Crippen LogP contribution in [0, 0.1) is 11.3 Å². The Morgan fingerprint density at radius 1 is 1.32 bits per heavy atom. The molecule has 1 heterocycles. The first-order chi connectivity index (χ1) is 9.31. The quantitative estimate of drug-likeness (QED) is 0.761. The number of hydrogen-bond donors (Lipinski definition) is 0. The van der Waals surface area contributed by atoms with Crippen molar-refractivity contribution in [1.29, 1.82) is 5.26 Å². The fourth-order valence-electron chi connectivity index (χ4n) is 1.65. The van der Waals surface area contributed by atoms with Crippen molar-refractivity contribution in [3.05, 3.63) is 58.8 Å². The summed E-state index contributed by atoms with van der Waals surface area (Å²) in [5.41, 5.74) is 0.438. The molecule has 0 atom stereocenters. The lowest BCUT2D eigenvalue weighted by Gasteiger charge is -2.08. The fourth-order valence-corrected chi connectivity index (χ4v) is 1.65. The van der Waals surface area contributed by atoms with Gasteiger partial charge in [-0.25, -0.2) is 4.98 Å². The van der Waals surface area contributed by atoms with E-state index in [4.69, 9.17) is 10.00 Å². The summed E-state index contributed by atoms with van der Waals surface area (Å²) in [7, 11) is 0. The maximum absolute atomic E-state index is 11.4. The number of aromatic nitrogens is 2. The molecule has 1 aromatic carbocycles. The highest BCUT2D eigenvalue weighted by Crippen LogP contribution is 2.16. The molecule has 0 aliphatic heterocycles. The molecular weight excluding hydrogens is 242 g/mol. The highest BCUT2D eigenvalue weighted by Gasteiger charge is 2.01. The number of ether oxygens (including phenoxy) is 1. The number of benzene rings is 1. The van der Waals surface area contributed by atoms with Gasteiger partial charge >= 0.3 is 0 Å². The summed E-state index contributed by atoms with van der Waals surface area (Å²) in [5, 5.41) is 8.91. The molecule has 0 unspecified atom stereocenters. The largest absolute Gasteiger partial charge is 0.492 e. The summed E-state index contributed by atoms with van der Waals surface area (Å²) < 4.78 is 7.06. The van der Waals surface area contributed by atoms with Crippen LogP contribution in [-0.2, 0) is 6.54 Å². The first-order valence-corrected chi connectivity index (χ1v) is 5.93. The molecule has 0 fully saturated rings. The number of nitrogens with zero attached hydrogens (tertiary/aromatic N) is 3. The minimum atomic E-state index is -0.0765. The second kappa shape index (κ2) is 6.36. The summed E-state index contributed by atoms with van der Waals surface area (Å²) in [6.45, 7) is 0.988. The average Bonchev–Trinajstić information content (AvgIpc) is 2.45. The van der Waals surface area contributed by atoms with Crippen LogP contribution in [0.4, 0.5) is 0 Å². The van der Waals surface area contributed by atoms with Gasteiger partial charge in [0.15, 0.2) is 0 Å². The maximum Gasteiger partial charge on any atom is 0.253 e. The highest BCUT2D eigenvalue weighted by molar-refractivity contribution is 5.42. The molecule has 0 radical (unpaired) electrons. The lowest BCUT2D eigenvalue weighted by Crippen LogP contribution is -2.19. The summed E-state index contributed by atoms with van der Waals surface area (Å²) >= 11 is 0. The topological polar surface area (TPSA) is 67.9 Å². The van der Waals surface area contributed by atoms with Crippen LogP contribution < -0.4 is 10.3 Å². The van der Waals surface area contributed by atoms with Gasteiger partial charge in [0, 0.05) is 18.8 Å². The van der Waals surface area contributed by atoms with Gasteiger partial charge in [0.2, 0.25) is 0 Å². The predicted octanol–water partition coefficient (Wildman–Crippen LogP) is 1.58. The molecule has 96 valence electrons. The molecule has 0 bridgehead atoms. The predicted molar refractivity (Wildman–Crippen MR) is 69.8 cm³/mol. The SMILES string of the molecule is N#Cc1ccccc1OCCCn1cnccc1=O. The van der Waals surface area contributed by atoms with E-state index in [1.54, 1.807) is 18.2 Å². The van der Waals surface area contributed by atoms with E-state index in [1.165, 1.54) is 23.2 Å². The smallest absolute Gasteiger partial charge is 0.253 e. The van der Waals surface area contributed by atoms with Gasteiger partial charge < -0.3 is 4.74 Å². The van der Waals surface area contributed by atoms with Crippen LogP contribution in [0.2, 0.25) is 0 Å². The summed E-state index contributed by atoms with van der Waals surface area (Å²) in [6, 6.07) is 10.6. The van der Waals surface area contributed by atoms with Crippen molar-refractivity contribution in [3.8, 4) is 11.8 Å². The molecular formula is C14H13N3O2. The van der Waals surface area contributed by atoms with Crippen molar-refractivity contribution in [1.82, 2.24) is 9.55 Å². The molecule has 0 saturated heterocycles. The van der Waals surface area contributed by atoms with Crippen LogP contribution in [-0.4, -0.2) is 16.2 Å². The second-order valence-electron chi connectivity index (χ2n) is 3.92. The van der Waals surface area contributed by atoms with Gasteiger partial charge in [0.1, 0.15) is 11.8 Å². The van der Waals surface area contributed by atoms with Crippen molar-refractivity contribution >= 4 is 0 Å². The Hall–Kier alpha value is -2.61. The maximum atomic E-state index is 11.4. The van der Waals surface area contributed by atoms with E-state index in [0.717, 1.165) is 0 Å². The van der Waals surface area contributed by atoms with Crippen molar-refractivity contribution < 1.29 is 4.74 Å².